The van der Waals surface area contributed by atoms with Crippen LogP contribution in [0.3, 0.4) is 0 Å². The Labute approximate surface area is 162 Å². The van der Waals surface area contributed by atoms with Crippen LogP contribution >= 0.6 is 0 Å². The number of piperidine rings is 1. The minimum atomic E-state index is -3.28. The van der Waals surface area contributed by atoms with Crippen molar-refractivity contribution in [1.82, 2.24) is 9.21 Å². The standard InChI is InChI=1S/C22H28N2O2S/c25-27(26,19-20-9-3-1-4-10-20)24-17-13-22(14-18-24,23-15-7-8-16-23)21-11-5-2-6-12-21/h1-6,9-12H,7-8,13-19H2. The van der Waals surface area contributed by atoms with Gasteiger partial charge in [-0.1, -0.05) is 60.7 Å². The van der Waals surface area contributed by atoms with E-state index < -0.39 is 10.0 Å². The van der Waals surface area contributed by atoms with Crippen LogP contribution in [0.2, 0.25) is 0 Å². The first-order valence-corrected chi connectivity index (χ1v) is 11.5. The Bertz CT molecular complexity index is 838. The Balaban J connectivity index is 1.53. The summed E-state index contributed by atoms with van der Waals surface area (Å²) in [5.41, 5.74) is 2.18. The van der Waals surface area contributed by atoms with Crippen molar-refractivity contribution in [2.24, 2.45) is 0 Å². The van der Waals surface area contributed by atoms with E-state index in [1.807, 2.05) is 30.3 Å². The van der Waals surface area contributed by atoms with Crippen LogP contribution in [0, 0.1) is 0 Å². The molecule has 2 aliphatic heterocycles. The van der Waals surface area contributed by atoms with Gasteiger partial charge in [0.2, 0.25) is 10.0 Å². The monoisotopic (exact) mass is 384 g/mol. The van der Waals surface area contributed by atoms with Crippen LogP contribution in [0.4, 0.5) is 0 Å². The number of likely N-dealkylation sites (tertiary alicyclic amines) is 1. The van der Waals surface area contributed by atoms with Gasteiger partial charge in [0.05, 0.1) is 5.75 Å². The first-order valence-electron chi connectivity index (χ1n) is 9.93. The van der Waals surface area contributed by atoms with Crippen molar-refractivity contribution in [3.63, 3.8) is 0 Å². The molecule has 0 aromatic heterocycles. The summed E-state index contributed by atoms with van der Waals surface area (Å²) in [5.74, 6) is 0.0931. The third kappa shape index (κ3) is 3.82. The Morgan fingerprint density at radius 1 is 0.778 bits per heavy atom. The van der Waals surface area contributed by atoms with Crippen molar-refractivity contribution in [1.29, 1.82) is 0 Å². The Kier molecular flexibility index (Phi) is 5.35. The highest BCUT2D eigenvalue weighted by Crippen LogP contribution is 2.41. The van der Waals surface area contributed by atoms with Gasteiger partial charge in [-0.15, -0.1) is 0 Å². The Morgan fingerprint density at radius 2 is 1.33 bits per heavy atom. The van der Waals surface area contributed by atoms with E-state index in [1.165, 1.54) is 18.4 Å². The van der Waals surface area contributed by atoms with E-state index in [2.05, 4.69) is 35.2 Å². The minimum absolute atomic E-state index is 0.0173. The van der Waals surface area contributed by atoms with Crippen molar-refractivity contribution >= 4 is 10.0 Å². The fourth-order valence-electron chi connectivity index (χ4n) is 4.69. The van der Waals surface area contributed by atoms with Crippen LogP contribution < -0.4 is 0 Å². The second-order valence-electron chi connectivity index (χ2n) is 7.73. The molecule has 0 N–H and O–H groups in total. The molecule has 0 saturated carbocycles. The van der Waals surface area contributed by atoms with Gasteiger partial charge < -0.3 is 0 Å². The molecule has 5 heteroatoms. The van der Waals surface area contributed by atoms with Gasteiger partial charge in [-0.3, -0.25) is 4.90 Å². The maximum Gasteiger partial charge on any atom is 0.218 e. The maximum absolute atomic E-state index is 12.9. The number of rotatable bonds is 5. The van der Waals surface area contributed by atoms with E-state index in [0.717, 1.165) is 31.5 Å². The lowest BCUT2D eigenvalue weighted by Crippen LogP contribution is -2.53. The average molecular weight is 385 g/mol. The molecule has 2 heterocycles. The van der Waals surface area contributed by atoms with Gasteiger partial charge in [0.15, 0.2) is 0 Å². The molecule has 0 amide bonds. The Morgan fingerprint density at radius 3 is 1.93 bits per heavy atom. The van der Waals surface area contributed by atoms with E-state index in [4.69, 9.17) is 0 Å². The van der Waals surface area contributed by atoms with E-state index in [-0.39, 0.29) is 11.3 Å². The lowest BCUT2D eigenvalue weighted by Gasteiger charge is -2.47. The molecule has 27 heavy (non-hydrogen) atoms. The summed E-state index contributed by atoms with van der Waals surface area (Å²) in [4.78, 5) is 2.60. The van der Waals surface area contributed by atoms with Crippen molar-refractivity contribution < 1.29 is 8.42 Å². The molecule has 2 saturated heterocycles. The lowest BCUT2D eigenvalue weighted by atomic mass is 9.80. The first kappa shape index (κ1) is 18.7. The third-order valence-corrected chi connectivity index (χ3v) is 8.01. The van der Waals surface area contributed by atoms with Crippen molar-refractivity contribution in [3.05, 3.63) is 71.8 Å². The molecule has 2 aromatic carbocycles. The summed E-state index contributed by atoms with van der Waals surface area (Å²) < 4.78 is 27.6. The summed E-state index contributed by atoms with van der Waals surface area (Å²) in [6.07, 6.45) is 4.21. The molecule has 0 spiro atoms. The number of nitrogens with zero attached hydrogens (tertiary/aromatic N) is 2. The van der Waals surface area contributed by atoms with Gasteiger partial charge in [-0.05, 0) is 49.9 Å². The van der Waals surface area contributed by atoms with Gasteiger partial charge in [-0.2, -0.15) is 0 Å². The van der Waals surface area contributed by atoms with Crippen LogP contribution in [0.25, 0.3) is 0 Å². The topological polar surface area (TPSA) is 40.6 Å². The zero-order valence-corrected chi connectivity index (χ0v) is 16.6. The molecular weight excluding hydrogens is 356 g/mol. The molecule has 2 aromatic rings. The number of hydrogen-bond donors (Lipinski definition) is 0. The van der Waals surface area contributed by atoms with E-state index >= 15 is 0 Å². The molecule has 0 unspecified atom stereocenters. The zero-order chi connectivity index (χ0) is 18.7. The van der Waals surface area contributed by atoms with Gasteiger partial charge in [0.25, 0.3) is 0 Å². The molecule has 0 radical (unpaired) electrons. The minimum Gasteiger partial charge on any atom is -0.293 e. The molecule has 0 atom stereocenters. The van der Waals surface area contributed by atoms with Crippen molar-refractivity contribution in [2.45, 2.75) is 37.0 Å². The summed E-state index contributed by atoms with van der Waals surface area (Å²) in [6, 6.07) is 20.2. The van der Waals surface area contributed by atoms with Crippen LogP contribution in [-0.4, -0.2) is 43.8 Å². The normalized spacial score (nSPS) is 21.3. The zero-order valence-electron chi connectivity index (χ0n) is 15.8. The summed E-state index contributed by atoms with van der Waals surface area (Å²) in [6.45, 7) is 3.43. The Hall–Kier alpha value is -1.69. The largest absolute Gasteiger partial charge is 0.293 e. The average Bonchev–Trinajstić information content (AvgIpc) is 3.24. The van der Waals surface area contributed by atoms with Gasteiger partial charge in [-0.25, -0.2) is 12.7 Å². The summed E-state index contributed by atoms with van der Waals surface area (Å²) >= 11 is 0. The SMILES string of the molecule is O=S(=O)(Cc1ccccc1)N1CCC(c2ccccc2)(N2CCCC2)CC1. The smallest absolute Gasteiger partial charge is 0.218 e. The third-order valence-electron chi connectivity index (χ3n) is 6.16. The predicted octanol–water partition coefficient (Wildman–Crippen LogP) is 3.60. The van der Waals surface area contributed by atoms with E-state index in [9.17, 15) is 8.42 Å². The fraction of sp³-hybridized carbons (Fsp3) is 0.455. The molecule has 4 nitrogen and oxygen atoms in total. The van der Waals surface area contributed by atoms with E-state index in [1.54, 1.807) is 4.31 Å². The molecule has 0 aliphatic carbocycles. The number of hydrogen-bond acceptors (Lipinski definition) is 3. The van der Waals surface area contributed by atoms with E-state index in [0.29, 0.717) is 13.1 Å². The summed E-state index contributed by atoms with van der Waals surface area (Å²) in [7, 11) is -3.28. The molecule has 4 rings (SSSR count). The van der Waals surface area contributed by atoms with Crippen LogP contribution in [0.1, 0.15) is 36.8 Å². The van der Waals surface area contributed by atoms with Crippen LogP contribution in [0.15, 0.2) is 60.7 Å². The van der Waals surface area contributed by atoms with Crippen LogP contribution in [0.5, 0.6) is 0 Å². The number of sulfonamides is 1. The van der Waals surface area contributed by atoms with Gasteiger partial charge in [0, 0.05) is 18.6 Å². The number of benzene rings is 2. The highest BCUT2D eigenvalue weighted by atomic mass is 32.2. The molecule has 2 aliphatic rings. The predicted molar refractivity (Wildman–Crippen MR) is 109 cm³/mol. The maximum atomic E-state index is 12.9. The highest BCUT2D eigenvalue weighted by Gasteiger charge is 2.44. The molecule has 0 bridgehead atoms. The van der Waals surface area contributed by atoms with Crippen LogP contribution in [-0.2, 0) is 21.3 Å². The second kappa shape index (κ2) is 7.74. The molecule has 2 fully saturated rings. The molecular formula is C22H28N2O2S. The van der Waals surface area contributed by atoms with Gasteiger partial charge in [0.1, 0.15) is 0 Å². The van der Waals surface area contributed by atoms with Crippen molar-refractivity contribution in [2.75, 3.05) is 26.2 Å². The van der Waals surface area contributed by atoms with Crippen molar-refractivity contribution in [3.8, 4) is 0 Å². The first-order chi connectivity index (χ1) is 13.1. The summed E-state index contributed by atoms with van der Waals surface area (Å²) in [5, 5.41) is 0. The van der Waals surface area contributed by atoms with Gasteiger partial charge >= 0.3 is 0 Å². The lowest BCUT2D eigenvalue weighted by molar-refractivity contribution is 0.0572. The second-order valence-corrected chi connectivity index (χ2v) is 9.70. The quantitative estimate of drug-likeness (QED) is 0.791. The molecule has 144 valence electrons. The fourth-order valence-corrected chi connectivity index (χ4v) is 6.23. The highest BCUT2D eigenvalue weighted by molar-refractivity contribution is 7.88.